The van der Waals surface area contributed by atoms with Crippen molar-refractivity contribution in [1.82, 2.24) is 9.88 Å². The van der Waals surface area contributed by atoms with Gasteiger partial charge in [0.1, 0.15) is 5.56 Å². The molecule has 0 unspecified atom stereocenters. The van der Waals surface area contributed by atoms with E-state index < -0.39 is 22.8 Å². The summed E-state index contributed by atoms with van der Waals surface area (Å²) in [6, 6.07) is 12.1. The average molecular weight is 439 g/mol. The highest BCUT2D eigenvalue weighted by molar-refractivity contribution is 5.99. The van der Waals surface area contributed by atoms with Gasteiger partial charge in [-0.15, -0.1) is 0 Å². The number of nitrogens with two attached hydrogens (primary N) is 1. The number of halogens is 1. The molecule has 1 heterocycles. The predicted molar refractivity (Wildman–Crippen MR) is 124 cm³/mol. The molecule has 1 fully saturated rings. The summed E-state index contributed by atoms with van der Waals surface area (Å²) in [7, 11) is 0. The van der Waals surface area contributed by atoms with Crippen LogP contribution in [0.1, 0.15) is 48.1 Å². The highest BCUT2D eigenvalue weighted by Crippen LogP contribution is 2.40. The van der Waals surface area contributed by atoms with Gasteiger partial charge in [-0.2, -0.15) is 0 Å². The third kappa shape index (κ3) is 4.05. The predicted octanol–water partition coefficient (Wildman–Crippen LogP) is 3.56. The quantitative estimate of drug-likeness (QED) is 0.316. The second-order valence-electron chi connectivity index (χ2n) is 8.46. The molecular weight excluding hydrogens is 411 g/mol. The van der Waals surface area contributed by atoms with E-state index in [-0.39, 0.29) is 22.8 Å². The Morgan fingerprint density at radius 3 is 2.66 bits per heavy atom. The van der Waals surface area contributed by atoms with Crippen LogP contribution in [0.4, 0.5) is 15.8 Å². The summed E-state index contributed by atoms with van der Waals surface area (Å²) >= 11 is 0. The lowest BCUT2D eigenvalue weighted by atomic mass is 10.1. The molecule has 1 aliphatic carbocycles. The highest BCUT2D eigenvalue weighted by Gasteiger charge is 2.37. The van der Waals surface area contributed by atoms with Crippen LogP contribution in [-0.2, 0) is 0 Å². The maximum atomic E-state index is 15.0. The third-order valence-corrected chi connectivity index (χ3v) is 5.95. The molecule has 2 atom stereocenters. The Morgan fingerprint density at radius 2 is 2.00 bits per heavy atom. The molecule has 0 aliphatic heterocycles. The molecule has 8 heteroatoms. The minimum atomic E-state index is -1.37. The third-order valence-electron chi connectivity index (χ3n) is 5.95. The number of aromatic nitrogens is 1. The van der Waals surface area contributed by atoms with Crippen LogP contribution in [0.5, 0.6) is 0 Å². The van der Waals surface area contributed by atoms with Gasteiger partial charge in [0.2, 0.25) is 5.43 Å². The fourth-order valence-electron chi connectivity index (χ4n) is 4.16. The smallest absolute Gasteiger partial charge is 0.341 e. The number of nitrogens with zero attached hydrogens (tertiary/aromatic N) is 1. The molecule has 32 heavy (non-hydrogen) atoms. The molecule has 0 bridgehead atoms. The molecule has 3 aromatic rings. The van der Waals surface area contributed by atoms with E-state index in [9.17, 15) is 19.1 Å². The Hall–Kier alpha value is -3.39. The van der Waals surface area contributed by atoms with Crippen LogP contribution in [0.25, 0.3) is 10.9 Å². The van der Waals surface area contributed by atoms with Gasteiger partial charge in [-0.05, 0) is 31.9 Å². The lowest BCUT2D eigenvalue weighted by Crippen LogP contribution is -2.26. The lowest BCUT2D eigenvalue weighted by Gasteiger charge is -2.19. The lowest BCUT2D eigenvalue weighted by molar-refractivity contribution is 0.0694. The number of pyridine rings is 1. The van der Waals surface area contributed by atoms with Gasteiger partial charge < -0.3 is 26.0 Å². The first kappa shape index (κ1) is 21.8. The van der Waals surface area contributed by atoms with Crippen LogP contribution in [0.3, 0.4) is 0 Å². The van der Waals surface area contributed by atoms with E-state index in [2.05, 4.69) is 22.8 Å². The normalized spacial score (nSPS) is 17.6. The zero-order chi connectivity index (χ0) is 23.0. The van der Waals surface area contributed by atoms with Gasteiger partial charge in [0.05, 0.1) is 22.3 Å². The van der Waals surface area contributed by atoms with Gasteiger partial charge in [0, 0.05) is 37.3 Å². The first-order valence-corrected chi connectivity index (χ1v) is 10.7. The topological polar surface area (TPSA) is 109 Å². The van der Waals surface area contributed by atoms with E-state index in [1.807, 2.05) is 32.0 Å². The standard InChI is InChI=1S/C24H27FN4O3/c1-13(2)29-12-16(24(31)32)23(30)20-19(29)11-18(21(25)22(20)26)28-9-8-27-17-10-15(17)14-6-4-3-5-7-14/h3-7,11-13,15,17,27-28H,8-10,26H2,1-2H3,(H,31,32)/t15-,17+/m0/s1. The molecule has 0 radical (unpaired) electrons. The SMILES string of the molecule is CC(C)n1cc(C(=O)O)c(=O)c2c(N)c(F)c(NCCN[C@@H]3C[C@H]3c3ccccc3)cc21. The van der Waals surface area contributed by atoms with E-state index in [0.29, 0.717) is 30.6 Å². The summed E-state index contributed by atoms with van der Waals surface area (Å²) in [6.07, 6.45) is 2.37. The van der Waals surface area contributed by atoms with Crippen molar-refractivity contribution < 1.29 is 14.3 Å². The molecule has 2 aromatic carbocycles. The zero-order valence-electron chi connectivity index (χ0n) is 18.1. The van der Waals surface area contributed by atoms with E-state index in [1.165, 1.54) is 17.8 Å². The summed E-state index contributed by atoms with van der Waals surface area (Å²) in [5, 5.41) is 15.8. The van der Waals surface area contributed by atoms with Crippen molar-refractivity contribution >= 4 is 28.2 Å². The number of carboxylic acids is 1. The minimum Gasteiger partial charge on any atom is -0.477 e. The summed E-state index contributed by atoms with van der Waals surface area (Å²) in [5.41, 5.74) is 6.31. The monoisotopic (exact) mass is 438 g/mol. The summed E-state index contributed by atoms with van der Waals surface area (Å²) < 4.78 is 16.6. The van der Waals surface area contributed by atoms with Gasteiger partial charge >= 0.3 is 5.97 Å². The highest BCUT2D eigenvalue weighted by atomic mass is 19.1. The minimum absolute atomic E-state index is 0.108. The molecule has 168 valence electrons. The summed E-state index contributed by atoms with van der Waals surface area (Å²) in [4.78, 5) is 24.1. The Kier molecular flexibility index (Phi) is 5.88. The van der Waals surface area contributed by atoms with Crippen molar-refractivity contribution in [2.75, 3.05) is 24.1 Å². The number of nitrogens with one attached hydrogen (secondary N) is 2. The average Bonchev–Trinajstić information content (AvgIpc) is 3.54. The first-order valence-electron chi connectivity index (χ1n) is 10.7. The second kappa shape index (κ2) is 8.63. The first-order chi connectivity index (χ1) is 15.3. The molecule has 7 nitrogen and oxygen atoms in total. The summed E-state index contributed by atoms with van der Waals surface area (Å²) in [5.74, 6) is -1.61. The molecule has 1 aliphatic rings. The fraction of sp³-hybridized carbons (Fsp3) is 0.333. The Labute approximate surface area is 185 Å². The van der Waals surface area contributed by atoms with E-state index in [1.54, 1.807) is 4.57 Å². The van der Waals surface area contributed by atoms with E-state index in [4.69, 9.17) is 5.73 Å². The van der Waals surface area contributed by atoms with Crippen molar-refractivity contribution in [1.29, 1.82) is 0 Å². The van der Waals surface area contributed by atoms with Crippen LogP contribution in [-0.4, -0.2) is 34.8 Å². The van der Waals surface area contributed by atoms with Gasteiger partial charge in [0.25, 0.3) is 0 Å². The van der Waals surface area contributed by atoms with Crippen LogP contribution in [0.2, 0.25) is 0 Å². The van der Waals surface area contributed by atoms with Crippen LogP contribution < -0.4 is 21.8 Å². The van der Waals surface area contributed by atoms with Gasteiger partial charge in [0.15, 0.2) is 5.82 Å². The molecule has 1 saturated carbocycles. The van der Waals surface area contributed by atoms with Crippen molar-refractivity contribution in [3.63, 3.8) is 0 Å². The van der Waals surface area contributed by atoms with Gasteiger partial charge in [-0.3, -0.25) is 4.79 Å². The Morgan fingerprint density at radius 1 is 1.28 bits per heavy atom. The number of hydrogen-bond acceptors (Lipinski definition) is 5. The summed E-state index contributed by atoms with van der Waals surface area (Å²) in [6.45, 7) is 4.81. The number of nitrogen functional groups attached to an aromatic ring is 1. The number of carboxylic acid groups (broad SMARTS) is 1. The number of fused-ring (bicyclic) bond motifs is 1. The molecular formula is C24H27FN4O3. The maximum absolute atomic E-state index is 15.0. The van der Waals surface area contributed by atoms with Gasteiger partial charge in [-0.1, -0.05) is 30.3 Å². The Bertz CT molecular complexity index is 1220. The van der Waals surface area contributed by atoms with E-state index in [0.717, 1.165) is 6.42 Å². The van der Waals surface area contributed by atoms with Crippen LogP contribution in [0.15, 0.2) is 47.4 Å². The molecule has 0 spiro atoms. The number of benzene rings is 2. The second-order valence-corrected chi connectivity index (χ2v) is 8.46. The van der Waals surface area contributed by atoms with Gasteiger partial charge in [-0.25, -0.2) is 9.18 Å². The van der Waals surface area contributed by atoms with E-state index >= 15 is 0 Å². The molecule has 0 amide bonds. The largest absolute Gasteiger partial charge is 0.477 e. The molecule has 0 saturated heterocycles. The van der Waals surface area contributed by atoms with Crippen molar-refractivity contribution in [2.24, 2.45) is 0 Å². The van der Waals surface area contributed by atoms with Crippen LogP contribution in [0, 0.1) is 5.82 Å². The van der Waals surface area contributed by atoms with Crippen molar-refractivity contribution in [2.45, 2.75) is 38.3 Å². The molecule has 4 rings (SSSR count). The Balaban J connectivity index is 1.52. The van der Waals surface area contributed by atoms with Crippen molar-refractivity contribution in [3.05, 3.63) is 69.8 Å². The number of anilines is 2. The van der Waals surface area contributed by atoms with Crippen molar-refractivity contribution in [3.8, 4) is 0 Å². The fourth-order valence-corrected chi connectivity index (χ4v) is 4.16. The number of hydrogen-bond donors (Lipinski definition) is 4. The molecule has 1 aromatic heterocycles. The molecule has 5 N–H and O–H groups in total. The maximum Gasteiger partial charge on any atom is 0.341 e. The zero-order valence-corrected chi connectivity index (χ0v) is 18.1. The number of rotatable bonds is 8. The van der Waals surface area contributed by atoms with Crippen LogP contribution >= 0.6 is 0 Å². The number of aromatic carboxylic acids is 1. The number of carbonyl (C=O) groups is 1.